The maximum Gasteiger partial charge on any atom is 0.218 e. The predicted octanol–water partition coefficient (Wildman–Crippen LogP) is 1.59. The largest absolute Gasteiger partial charge is 0.379 e. The van der Waals surface area contributed by atoms with Gasteiger partial charge in [0.25, 0.3) is 0 Å². The minimum absolute atomic E-state index is 0. The first-order valence-corrected chi connectivity index (χ1v) is 10.8. The fourth-order valence-corrected chi connectivity index (χ4v) is 5.27. The van der Waals surface area contributed by atoms with Crippen LogP contribution in [0.3, 0.4) is 0 Å². The first-order chi connectivity index (χ1) is 12.0. The number of rotatable bonds is 7. The molecule has 1 unspecified atom stereocenters. The summed E-state index contributed by atoms with van der Waals surface area (Å²) in [5, 5.41) is 3.89. The molecule has 2 heterocycles. The Morgan fingerprint density at radius 2 is 1.92 bits per heavy atom. The lowest BCUT2D eigenvalue weighted by molar-refractivity contribution is 0.0355. The molecule has 0 spiro atoms. The molecule has 2 fully saturated rings. The number of nitrogens with zero attached hydrogens (tertiary/aromatic N) is 2. The van der Waals surface area contributed by atoms with Crippen molar-refractivity contribution in [3.05, 3.63) is 34.9 Å². The van der Waals surface area contributed by atoms with Crippen LogP contribution in [0.5, 0.6) is 0 Å². The Kier molecular flexibility index (Phi) is 8.60. The molecule has 148 valence electrons. The van der Waals surface area contributed by atoms with E-state index < -0.39 is 10.0 Å². The topological polar surface area (TPSA) is 61.9 Å². The van der Waals surface area contributed by atoms with Gasteiger partial charge in [-0.25, -0.2) is 8.42 Å². The molecule has 1 aromatic rings. The van der Waals surface area contributed by atoms with Gasteiger partial charge in [-0.2, -0.15) is 4.31 Å². The van der Waals surface area contributed by atoms with Crippen LogP contribution in [0.25, 0.3) is 0 Å². The zero-order valence-corrected chi connectivity index (χ0v) is 17.2. The summed E-state index contributed by atoms with van der Waals surface area (Å²) in [6.07, 6.45) is 0.864. The van der Waals surface area contributed by atoms with E-state index in [0.717, 1.165) is 57.9 Å². The molecule has 2 aliphatic rings. The van der Waals surface area contributed by atoms with Crippen LogP contribution in [0, 0.1) is 0 Å². The van der Waals surface area contributed by atoms with Crippen molar-refractivity contribution in [1.29, 1.82) is 0 Å². The van der Waals surface area contributed by atoms with Crippen LogP contribution in [0.1, 0.15) is 12.0 Å². The molecule has 1 aromatic carbocycles. The molecule has 0 saturated carbocycles. The highest BCUT2D eigenvalue weighted by Crippen LogP contribution is 2.19. The van der Waals surface area contributed by atoms with Crippen molar-refractivity contribution in [2.45, 2.75) is 18.2 Å². The molecule has 26 heavy (non-hydrogen) atoms. The SMILES string of the molecule is Cl.O=S(=O)(Cc1ccc(Cl)cc1)N(CCN1CCOCC1)C1CCNC1. The molecule has 0 radical (unpaired) electrons. The molecule has 0 bridgehead atoms. The van der Waals surface area contributed by atoms with Gasteiger partial charge in [-0.15, -0.1) is 12.4 Å². The van der Waals surface area contributed by atoms with Crippen LogP contribution in [0.4, 0.5) is 0 Å². The Labute approximate surface area is 167 Å². The van der Waals surface area contributed by atoms with Gasteiger partial charge >= 0.3 is 0 Å². The van der Waals surface area contributed by atoms with Crippen LogP contribution >= 0.6 is 24.0 Å². The third kappa shape index (κ3) is 6.05. The fourth-order valence-electron chi connectivity index (χ4n) is 3.37. The van der Waals surface area contributed by atoms with Gasteiger partial charge in [-0.3, -0.25) is 4.90 Å². The Balaban J connectivity index is 0.00000243. The van der Waals surface area contributed by atoms with E-state index in [1.54, 1.807) is 28.6 Å². The van der Waals surface area contributed by atoms with Crippen molar-refractivity contribution >= 4 is 34.0 Å². The van der Waals surface area contributed by atoms with Crippen molar-refractivity contribution in [2.24, 2.45) is 0 Å². The normalized spacial score (nSPS) is 21.7. The predicted molar refractivity (Wildman–Crippen MR) is 107 cm³/mol. The lowest BCUT2D eigenvalue weighted by Gasteiger charge is -2.32. The molecule has 9 heteroatoms. The molecule has 0 aliphatic carbocycles. The van der Waals surface area contributed by atoms with E-state index in [1.807, 2.05) is 0 Å². The van der Waals surface area contributed by atoms with Crippen LogP contribution in [-0.4, -0.2) is 76.1 Å². The Morgan fingerprint density at radius 1 is 1.23 bits per heavy atom. The summed E-state index contributed by atoms with van der Waals surface area (Å²) in [7, 11) is -3.38. The summed E-state index contributed by atoms with van der Waals surface area (Å²) in [5.41, 5.74) is 0.770. The standard InChI is InChI=1S/C17H26ClN3O3S.ClH/c18-16-3-1-15(2-4-16)14-25(22,23)21(17-5-6-19-13-17)8-7-20-9-11-24-12-10-20;/h1-4,17,19H,5-14H2;1H. The summed E-state index contributed by atoms with van der Waals surface area (Å²) >= 11 is 5.90. The number of morpholine rings is 1. The molecule has 0 amide bonds. The van der Waals surface area contributed by atoms with E-state index >= 15 is 0 Å². The van der Waals surface area contributed by atoms with Crippen LogP contribution in [-0.2, 0) is 20.5 Å². The number of nitrogens with one attached hydrogen (secondary N) is 1. The second-order valence-corrected chi connectivity index (χ2v) is 8.95. The highest BCUT2D eigenvalue weighted by atomic mass is 35.5. The van der Waals surface area contributed by atoms with Gasteiger partial charge in [0.1, 0.15) is 0 Å². The minimum atomic E-state index is -3.38. The first kappa shape index (κ1) is 21.9. The highest BCUT2D eigenvalue weighted by molar-refractivity contribution is 7.88. The zero-order chi connectivity index (χ0) is 17.7. The van der Waals surface area contributed by atoms with Crippen LogP contribution in [0.15, 0.2) is 24.3 Å². The fraction of sp³-hybridized carbons (Fsp3) is 0.647. The maximum atomic E-state index is 13.1. The number of halogens is 2. The highest BCUT2D eigenvalue weighted by Gasteiger charge is 2.32. The lowest BCUT2D eigenvalue weighted by Crippen LogP contribution is -2.47. The van der Waals surface area contributed by atoms with Crippen molar-refractivity contribution in [3.63, 3.8) is 0 Å². The number of hydrogen-bond donors (Lipinski definition) is 1. The molecular formula is C17H27Cl2N3O3S. The molecule has 0 aromatic heterocycles. The van der Waals surface area contributed by atoms with E-state index in [-0.39, 0.29) is 24.2 Å². The average Bonchev–Trinajstić information content (AvgIpc) is 3.12. The van der Waals surface area contributed by atoms with Crippen molar-refractivity contribution in [3.8, 4) is 0 Å². The maximum absolute atomic E-state index is 13.1. The lowest BCUT2D eigenvalue weighted by atomic mass is 10.2. The Morgan fingerprint density at radius 3 is 2.54 bits per heavy atom. The van der Waals surface area contributed by atoms with E-state index in [2.05, 4.69) is 10.2 Å². The van der Waals surface area contributed by atoms with Gasteiger partial charge in [0.05, 0.1) is 19.0 Å². The Bertz CT molecular complexity index is 646. The number of ether oxygens (including phenoxy) is 1. The Hall–Kier alpha value is -0.410. The van der Waals surface area contributed by atoms with Gasteiger partial charge in [0, 0.05) is 43.8 Å². The van der Waals surface area contributed by atoms with Crippen LogP contribution in [0.2, 0.25) is 5.02 Å². The number of benzene rings is 1. The smallest absolute Gasteiger partial charge is 0.218 e. The van der Waals surface area contributed by atoms with Gasteiger partial charge in [-0.05, 0) is 30.7 Å². The molecule has 2 saturated heterocycles. The van der Waals surface area contributed by atoms with E-state index in [0.29, 0.717) is 11.6 Å². The third-order valence-electron chi connectivity index (χ3n) is 4.80. The summed E-state index contributed by atoms with van der Waals surface area (Å²) in [6, 6.07) is 7.08. The second-order valence-electron chi connectivity index (χ2n) is 6.59. The molecule has 1 N–H and O–H groups in total. The summed E-state index contributed by atoms with van der Waals surface area (Å²) in [6.45, 7) is 6.06. The minimum Gasteiger partial charge on any atom is -0.379 e. The van der Waals surface area contributed by atoms with Gasteiger partial charge in [0.2, 0.25) is 10.0 Å². The van der Waals surface area contributed by atoms with Crippen LogP contribution < -0.4 is 5.32 Å². The average molecular weight is 424 g/mol. The first-order valence-electron chi connectivity index (χ1n) is 8.79. The molecule has 2 aliphatic heterocycles. The molecule has 6 nitrogen and oxygen atoms in total. The van der Waals surface area contributed by atoms with Crippen molar-refractivity contribution in [2.75, 3.05) is 52.5 Å². The summed E-state index contributed by atoms with van der Waals surface area (Å²) < 4.78 is 33.2. The third-order valence-corrected chi connectivity index (χ3v) is 6.95. The summed E-state index contributed by atoms with van der Waals surface area (Å²) in [5.74, 6) is 0.0176. The number of sulfonamides is 1. The monoisotopic (exact) mass is 423 g/mol. The van der Waals surface area contributed by atoms with Crippen molar-refractivity contribution in [1.82, 2.24) is 14.5 Å². The quantitative estimate of drug-likeness (QED) is 0.721. The molecule has 3 rings (SSSR count). The van der Waals surface area contributed by atoms with E-state index in [1.165, 1.54) is 0 Å². The molecule has 1 atom stereocenters. The van der Waals surface area contributed by atoms with Crippen molar-refractivity contribution < 1.29 is 13.2 Å². The van der Waals surface area contributed by atoms with Gasteiger partial charge < -0.3 is 10.1 Å². The van der Waals surface area contributed by atoms with E-state index in [4.69, 9.17) is 16.3 Å². The van der Waals surface area contributed by atoms with Gasteiger partial charge in [-0.1, -0.05) is 23.7 Å². The number of hydrogen-bond acceptors (Lipinski definition) is 5. The van der Waals surface area contributed by atoms with E-state index in [9.17, 15) is 8.42 Å². The molecular weight excluding hydrogens is 397 g/mol. The zero-order valence-electron chi connectivity index (χ0n) is 14.8. The second kappa shape index (κ2) is 10.2. The van der Waals surface area contributed by atoms with Gasteiger partial charge in [0.15, 0.2) is 0 Å². The summed E-state index contributed by atoms with van der Waals surface area (Å²) in [4.78, 5) is 2.27.